The van der Waals surface area contributed by atoms with E-state index in [2.05, 4.69) is 18.7 Å². The Balaban J connectivity index is 0.00000192. The van der Waals surface area contributed by atoms with Crippen molar-refractivity contribution in [2.75, 3.05) is 39.5 Å². The van der Waals surface area contributed by atoms with Gasteiger partial charge in [0, 0.05) is 38.3 Å². The summed E-state index contributed by atoms with van der Waals surface area (Å²) >= 11 is 0. The maximum absolute atomic E-state index is 6.28. The summed E-state index contributed by atoms with van der Waals surface area (Å²) in [5.74, 6) is 0.668. The third kappa shape index (κ3) is 3.93. The van der Waals surface area contributed by atoms with Crippen LogP contribution in [-0.4, -0.2) is 68.6 Å². The lowest BCUT2D eigenvalue weighted by Crippen LogP contribution is -2.61. The molecule has 3 unspecified atom stereocenters. The topological polar surface area (TPSA) is 69.3 Å². The summed E-state index contributed by atoms with van der Waals surface area (Å²) in [6.45, 7) is 8.91. The standard InChI is InChI=1S/C16H29N3O3.HI/c1-3-21-14-10-13(16(14)4-7-20-8-5-16)18-15(17)19-6-9-22-12(2)11-19;/h12-14H,3-11H2,1-2H3,(H2,17,18);1H. The fourth-order valence-electron chi connectivity index (χ4n) is 4.02. The molecule has 0 amide bonds. The van der Waals surface area contributed by atoms with E-state index < -0.39 is 0 Å². The zero-order chi connectivity index (χ0) is 15.6. The molecule has 3 aliphatic rings. The number of hydrogen-bond acceptors (Lipinski definition) is 4. The Kier molecular flexibility index (Phi) is 6.94. The first kappa shape index (κ1) is 19.2. The molecule has 2 aliphatic heterocycles. The molecule has 1 aliphatic carbocycles. The normalized spacial score (nSPS) is 33.9. The number of hydrogen-bond donors (Lipinski definition) is 1. The van der Waals surface area contributed by atoms with Crippen molar-refractivity contribution in [1.82, 2.24) is 4.90 Å². The Labute approximate surface area is 156 Å². The van der Waals surface area contributed by atoms with Crippen LogP contribution in [0.25, 0.3) is 0 Å². The smallest absolute Gasteiger partial charge is 0.191 e. The van der Waals surface area contributed by atoms with Gasteiger partial charge in [-0.3, -0.25) is 0 Å². The molecule has 3 atom stereocenters. The van der Waals surface area contributed by atoms with E-state index in [1.54, 1.807) is 0 Å². The van der Waals surface area contributed by atoms with Gasteiger partial charge in [-0.1, -0.05) is 0 Å². The molecule has 7 heteroatoms. The van der Waals surface area contributed by atoms with E-state index >= 15 is 0 Å². The van der Waals surface area contributed by atoms with Crippen molar-refractivity contribution in [2.24, 2.45) is 16.1 Å². The van der Waals surface area contributed by atoms with Crippen LogP contribution in [0.3, 0.4) is 0 Å². The molecule has 134 valence electrons. The van der Waals surface area contributed by atoms with Crippen LogP contribution >= 0.6 is 24.0 Å². The Hall–Kier alpha value is -0.120. The van der Waals surface area contributed by atoms with Crippen molar-refractivity contribution in [2.45, 2.75) is 51.4 Å². The largest absolute Gasteiger partial charge is 0.381 e. The maximum atomic E-state index is 6.28. The summed E-state index contributed by atoms with van der Waals surface area (Å²) in [5.41, 5.74) is 6.41. The first-order valence-corrected chi connectivity index (χ1v) is 8.55. The molecule has 0 aromatic carbocycles. The lowest BCUT2D eigenvalue weighted by molar-refractivity contribution is -0.163. The van der Waals surface area contributed by atoms with Gasteiger partial charge in [0.2, 0.25) is 0 Å². The van der Waals surface area contributed by atoms with Crippen molar-refractivity contribution >= 4 is 29.9 Å². The molecule has 3 fully saturated rings. The molecule has 1 spiro atoms. The summed E-state index contributed by atoms with van der Waals surface area (Å²) in [6.07, 6.45) is 3.56. The number of rotatable bonds is 3. The molecule has 1 saturated carbocycles. The highest BCUT2D eigenvalue weighted by Crippen LogP contribution is 2.52. The van der Waals surface area contributed by atoms with Gasteiger partial charge < -0.3 is 24.8 Å². The molecule has 0 bridgehead atoms. The number of ether oxygens (including phenoxy) is 3. The molecule has 0 aromatic heterocycles. The van der Waals surface area contributed by atoms with Crippen LogP contribution in [0.1, 0.15) is 33.1 Å². The third-order valence-electron chi connectivity index (χ3n) is 5.39. The molecule has 23 heavy (non-hydrogen) atoms. The highest BCUT2D eigenvalue weighted by molar-refractivity contribution is 14.0. The van der Waals surface area contributed by atoms with Gasteiger partial charge in [-0.25, -0.2) is 4.99 Å². The number of nitrogens with two attached hydrogens (primary N) is 1. The molecule has 0 aromatic rings. The zero-order valence-corrected chi connectivity index (χ0v) is 16.5. The summed E-state index contributed by atoms with van der Waals surface area (Å²) in [7, 11) is 0. The van der Waals surface area contributed by atoms with Gasteiger partial charge in [-0.15, -0.1) is 24.0 Å². The molecule has 0 radical (unpaired) electrons. The van der Waals surface area contributed by atoms with Gasteiger partial charge in [0.05, 0.1) is 24.9 Å². The highest BCUT2D eigenvalue weighted by atomic mass is 127. The van der Waals surface area contributed by atoms with E-state index in [0.29, 0.717) is 12.1 Å². The van der Waals surface area contributed by atoms with Crippen LogP contribution in [0.2, 0.25) is 0 Å². The van der Waals surface area contributed by atoms with Crippen LogP contribution in [-0.2, 0) is 14.2 Å². The van der Waals surface area contributed by atoms with Gasteiger partial charge in [0.25, 0.3) is 0 Å². The second kappa shape index (κ2) is 8.31. The fraction of sp³-hybridized carbons (Fsp3) is 0.938. The number of guanidine groups is 1. The summed E-state index contributed by atoms with van der Waals surface area (Å²) in [6, 6.07) is 0.270. The lowest BCUT2D eigenvalue weighted by Gasteiger charge is -2.55. The Bertz CT molecular complexity index is 415. The van der Waals surface area contributed by atoms with E-state index in [1.165, 1.54) is 0 Å². The third-order valence-corrected chi connectivity index (χ3v) is 5.39. The van der Waals surface area contributed by atoms with Crippen molar-refractivity contribution in [3.8, 4) is 0 Å². The van der Waals surface area contributed by atoms with Crippen molar-refractivity contribution < 1.29 is 14.2 Å². The van der Waals surface area contributed by atoms with Gasteiger partial charge in [0.15, 0.2) is 5.96 Å². The number of morpholine rings is 1. The minimum atomic E-state index is 0. The Morgan fingerprint density at radius 3 is 2.74 bits per heavy atom. The molecule has 2 saturated heterocycles. The minimum Gasteiger partial charge on any atom is -0.381 e. The van der Waals surface area contributed by atoms with Crippen LogP contribution < -0.4 is 5.73 Å². The van der Waals surface area contributed by atoms with Crippen molar-refractivity contribution in [3.63, 3.8) is 0 Å². The Morgan fingerprint density at radius 2 is 2.09 bits per heavy atom. The SMILES string of the molecule is CCOC1CC(N=C(N)N2CCOC(C)C2)C12CCOCC2.I. The molecule has 3 rings (SSSR count). The quantitative estimate of drug-likeness (QED) is 0.411. The average molecular weight is 439 g/mol. The predicted molar refractivity (Wildman–Crippen MR) is 100 cm³/mol. The lowest BCUT2D eigenvalue weighted by atomic mass is 9.58. The van der Waals surface area contributed by atoms with Crippen molar-refractivity contribution in [1.29, 1.82) is 0 Å². The molecular formula is C16H30IN3O3. The highest BCUT2D eigenvalue weighted by Gasteiger charge is 2.56. The van der Waals surface area contributed by atoms with Gasteiger partial charge in [0.1, 0.15) is 0 Å². The molecular weight excluding hydrogens is 409 g/mol. The fourth-order valence-corrected chi connectivity index (χ4v) is 4.02. The van der Waals surface area contributed by atoms with Gasteiger partial charge in [-0.05, 0) is 33.1 Å². The van der Waals surface area contributed by atoms with Crippen LogP contribution in [0.15, 0.2) is 4.99 Å². The molecule has 2 N–H and O–H groups in total. The second-order valence-electron chi connectivity index (χ2n) is 6.66. The van der Waals surface area contributed by atoms with Crippen molar-refractivity contribution in [3.05, 3.63) is 0 Å². The molecule has 2 heterocycles. The molecule has 6 nitrogen and oxygen atoms in total. The first-order chi connectivity index (χ1) is 10.7. The predicted octanol–water partition coefficient (Wildman–Crippen LogP) is 1.61. The monoisotopic (exact) mass is 439 g/mol. The summed E-state index contributed by atoms with van der Waals surface area (Å²) in [5, 5.41) is 0. The average Bonchev–Trinajstić information content (AvgIpc) is 2.54. The number of nitrogens with zero attached hydrogens (tertiary/aromatic N) is 2. The minimum absolute atomic E-state index is 0. The van der Waals surface area contributed by atoms with Crippen LogP contribution in [0.4, 0.5) is 0 Å². The number of aliphatic imine (C=N–C) groups is 1. The second-order valence-corrected chi connectivity index (χ2v) is 6.66. The zero-order valence-electron chi connectivity index (χ0n) is 14.2. The van der Waals surface area contributed by atoms with Gasteiger partial charge >= 0.3 is 0 Å². The van der Waals surface area contributed by atoms with E-state index in [-0.39, 0.29) is 41.5 Å². The summed E-state index contributed by atoms with van der Waals surface area (Å²) < 4.78 is 17.1. The van der Waals surface area contributed by atoms with E-state index in [4.69, 9.17) is 24.9 Å². The van der Waals surface area contributed by atoms with Gasteiger partial charge in [-0.2, -0.15) is 0 Å². The maximum Gasteiger partial charge on any atom is 0.191 e. The van der Waals surface area contributed by atoms with E-state index in [0.717, 1.165) is 58.8 Å². The van der Waals surface area contributed by atoms with Crippen LogP contribution in [0, 0.1) is 5.41 Å². The van der Waals surface area contributed by atoms with E-state index in [9.17, 15) is 0 Å². The number of halogens is 1. The summed E-state index contributed by atoms with van der Waals surface area (Å²) in [4.78, 5) is 7.03. The Morgan fingerprint density at radius 1 is 1.35 bits per heavy atom. The van der Waals surface area contributed by atoms with Crippen LogP contribution in [0.5, 0.6) is 0 Å². The first-order valence-electron chi connectivity index (χ1n) is 8.55. The van der Waals surface area contributed by atoms with E-state index in [1.807, 2.05) is 0 Å².